The van der Waals surface area contributed by atoms with Crippen molar-refractivity contribution in [1.82, 2.24) is 4.98 Å². The lowest BCUT2D eigenvalue weighted by molar-refractivity contribution is 0.0992. The van der Waals surface area contributed by atoms with Crippen molar-refractivity contribution >= 4 is 27.3 Å². The molecule has 3 aromatic rings. The van der Waals surface area contributed by atoms with Gasteiger partial charge in [0.05, 0.1) is 23.7 Å². The Morgan fingerprint density at radius 3 is 2.85 bits per heavy atom. The van der Waals surface area contributed by atoms with Gasteiger partial charge in [-0.3, -0.25) is 4.79 Å². The highest BCUT2D eigenvalue weighted by atomic mass is 32.1. The number of ketones is 1. The van der Waals surface area contributed by atoms with Crippen molar-refractivity contribution in [2.24, 2.45) is 0 Å². The van der Waals surface area contributed by atoms with Crippen LogP contribution in [0.3, 0.4) is 0 Å². The van der Waals surface area contributed by atoms with Crippen LogP contribution < -0.4 is 4.74 Å². The molecule has 100 valence electrons. The number of benzene rings is 2. The third-order valence-electron chi connectivity index (χ3n) is 3.04. The van der Waals surface area contributed by atoms with Gasteiger partial charge in [0, 0.05) is 5.56 Å². The number of carbonyl (C=O) groups is 1. The molecule has 4 heteroatoms. The number of methoxy groups -OCH3 is 1. The van der Waals surface area contributed by atoms with Crippen molar-refractivity contribution in [1.29, 1.82) is 0 Å². The number of carbonyl (C=O) groups excluding carboxylic acids is 1. The van der Waals surface area contributed by atoms with E-state index in [0.717, 1.165) is 15.2 Å². The average molecular weight is 283 g/mol. The Balaban J connectivity index is 1.84. The number of hydrogen-bond donors (Lipinski definition) is 0. The van der Waals surface area contributed by atoms with E-state index < -0.39 is 0 Å². The number of ether oxygens (including phenoxy) is 1. The van der Waals surface area contributed by atoms with E-state index in [1.165, 1.54) is 0 Å². The van der Waals surface area contributed by atoms with Gasteiger partial charge in [-0.15, -0.1) is 11.3 Å². The minimum atomic E-state index is 0.0583. The molecule has 3 rings (SSSR count). The molecule has 0 unspecified atom stereocenters. The molecule has 3 nitrogen and oxygen atoms in total. The number of rotatable bonds is 4. The van der Waals surface area contributed by atoms with Gasteiger partial charge in [-0.1, -0.05) is 24.3 Å². The van der Waals surface area contributed by atoms with Crippen LogP contribution in [0.25, 0.3) is 10.2 Å². The van der Waals surface area contributed by atoms with Crippen LogP contribution in [-0.4, -0.2) is 17.9 Å². The fourth-order valence-electron chi connectivity index (χ4n) is 2.03. The largest absolute Gasteiger partial charge is 0.497 e. The number of para-hydroxylation sites is 1. The van der Waals surface area contributed by atoms with Crippen LogP contribution in [0.2, 0.25) is 0 Å². The van der Waals surface area contributed by atoms with Gasteiger partial charge in [0.2, 0.25) is 0 Å². The maximum absolute atomic E-state index is 12.3. The van der Waals surface area contributed by atoms with Crippen LogP contribution >= 0.6 is 11.3 Å². The summed E-state index contributed by atoms with van der Waals surface area (Å²) in [5, 5.41) is 0.846. The normalized spacial score (nSPS) is 10.7. The van der Waals surface area contributed by atoms with Gasteiger partial charge < -0.3 is 4.74 Å². The van der Waals surface area contributed by atoms with E-state index in [1.54, 1.807) is 30.6 Å². The first-order valence-electron chi connectivity index (χ1n) is 6.28. The van der Waals surface area contributed by atoms with E-state index in [2.05, 4.69) is 4.98 Å². The molecule has 0 spiro atoms. The molecule has 0 saturated heterocycles. The minimum absolute atomic E-state index is 0.0583. The molecule has 0 N–H and O–H groups in total. The molecule has 0 aliphatic rings. The summed E-state index contributed by atoms with van der Waals surface area (Å²) in [7, 11) is 1.59. The zero-order valence-corrected chi connectivity index (χ0v) is 11.8. The van der Waals surface area contributed by atoms with Gasteiger partial charge in [0.25, 0.3) is 0 Å². The Morgan fingerprint density at radius 2 is 2.05 bits per heavy atom. The number of fused-ring (bicyclic) bond motifs is 1. The molecule has 0 atom stereocenters. The number of thiazole rings is 1. The van der Waals surface area contributed by atoms with Crippen molar-refractivity contribution in [3.05, 3.63) is 59.1 Å². The van der Waals surface area contributed by atoms with Crippen molar-refractivity contribution < 1.29 is 9.53 Å². The summed E-state index contributed by atoms with van der Waals surface area (Å²) < 4.78 is 6.25. The fraction of sp³-hybridized carbons (Fsp3) is 0.125. The van der Waals surface area contributed by atoms with E-state index in [-0.39, 0.29) is 5.78 Å². The van der Waals surface area contributed by atoms with Gasteiger partial charge in [0.1, 0.15) is 10.8 Å². The predicted molar refractivity (Wildman–Crippen MR) is 80.6 cm³/mol. The van der Waals surface area contributed by atoms with Crippen LogP contribution in [0.5, 0.6) is 5.75 Å². The average Bonchev–Trinajstić information content (AvgIpc) is 2.89. The minimum Gasteiger partial charge on any atom is -0.497 e. The molecule has 1 aromatic heterocycles. The predicted octanol–water partition coefficient (Wildman–Crippen LogP) is 3.73. The summed E-state index contributed by atoms with van der Waals surface area (Å²) >= 11 is 1.57. The van der Waals surface area contributed by atoms with Gasteiger partial charge in [0.15, 0.2) is 5.78 Å². The Kier molecular flexibility index (Phi) is 3.48. The molecular formula is C16H13NO2S. The SMILES string of the molecule is COc1cccc(C(=O)Cc2nc3ccccc3s2)c1. The van der Waals surface area contributed by atoms with Crippen molar-refractivity contribution in [3.63, 3.8) is 0 Å². The third-order valence-corrected chi connectivity index (χ3v) is 4.08. The lowest BCUT2D eigenvalue weighted by Crippen LogP contribution is -2.03. The van der Waals surface area contributed by atoms with E-state index in [1.807, 2.05) is 36.4 Å². The van der Waals surface area contributed by atoms with Crippen molar-refractivity contribution in [3.8, 4) is 5.75 Å². The van der Waals surface area contributed by atoms with Crippen LogP contribution in [0.4, 0.5) is 0 Å². The monoisotopic (exact) mass is 283 g/mol. The third kappa shape index (κ3) is 2.56. The maximum Gasteiger partial charge on any atom is 0.169 e. The first-order valence-corrected chi connectivity index (χ1v) is 7.09. The van der Waals surface area contributed by atoms with E-state index in [0.29, 0.717) is 17.7 Å². The van der Waals surface area contributed by atoms with Gasteiger partial charge in [-0.05, 0) is 24.3 Å². The second kappa shape index (κ2) is 5.43. The Hall–Kier alpha value is -2.20. The summed E-state index contributed by atoms with van der Waals surface area (Å²) in [4.78, 5) is 16.8. The Bertz CT molecular complexity index is 731. The molecule has 0 aliphatic carbocycles. The van der Waals surface area contributed by atoms with Crippen LogP contribution in [-0.2, 0) is 6.42 Å². The topological polar surface area (TPSA) is 39.2 Å². The maximum atomic E-state index is 12.3. The summed E-state index contributed by atoms with van der Waals surface area (Å²) in [6.45, 7) is 0. The molecule has 0 fully saturated rings. The van der Waals surface area contributed by atoms with Crippen molar-refractivity contribution in [2.45, 2.75) is 6.42 Å². The molecule has 1 heterocycles. The van der Waals surface area contributed by atoms with E-state index in [4.69, 9.17) is 4.74 Å². The molecule has 0 radical (unpaired) electrons. The highest BCUT2D eigenvalue weighted by molar-refractivity contribution is 7.18. The zero-order valence-electron chi connectivity index (χ0n) is 11.0. The van der Waals surface area contributed by atoms with Gasteiger partial charge in [-0.25, -0.2) is 4.98 Å². The lowest BCUT2D eigenvalue weighted by Gasteiger charge is -2.02. The highest BCUT2D eigenvalue weighted by Crippen LogP contribution is 2.23. The van der Waals surface area contributed by atoms with Crippen molar-refractivity contribution in [2.75, 3.05) is 7.11 Å². The first kappa shape index (κ1) is 12.8. The highest BCUT2D eigenvalue weighted by Gasteiger charge is 2.11. The molecular weight excluding hydrogens is 270 g/mol. The van der Waals surface area contributed by atoms with Gasteiger partial charge in [-0.2, -0.15) is 0 Å². The summed E-state index contributed by atoms with van der Waals surface area (Å²) in [6.07, 6.45) is 0.326. The molecule has 20 heavy (non-hydrogen) atoms. The standard InChI is InChI=1S/C16H13NO2S/c1-19-12-6-4-5-11(9-12)14(18)10-16-17-13-7-2-3-8-15(13)20-16/h2-9H,10H2,1H3. The van der Waals surface area contributed by atoms with Gasteiger partial charge >= 0.3 is 0 Å². The van der Waals surface area contributed by atoms with E-state index in [9.17, 15) is 4.79 Å². The molecule has 0 aliphatic heterocycles. The zero-order chi connectivity index (χ0) is 13.9. The second-order valence-electron chi connectivity index (χ2n) is 4.41. The number of aromatic nitrogens is 1. The smallest absolute Gasteiger partial charge is 0.169 e. The Morgan fingerprint density at radius 1 is 1.20 bits per heavy atom. The summed E-state index contributed by atoms with van der Waals surface area (Å²) in [5.74, 6) is 0.753. The molecule has 0 amide bonds. The number of hydrogen-bond acceptors (Lipinski definition) is 4. The number of Topliss-reactive ketones (excluding diaryl/α,β-unsaturated/α-hetero) is 1. The van der Waals surface area contributed by atoms with Crippen LogP contribution in [0.15, 0.2) is 48.5 Å². The lowest BCUT2D eigenvalue weighted by atomic mass is 10.1. The second-order valence-corrected chi connectivity index (χ2v) is 5.52. The molecule has 0 bridgehead atoms. The quantitative estimate of drug-likeness (QED) is 0.685. The van der Waals surface area contributed by atoms with Crippen LogP contribution in [0, 0.1) is 0 Å². The first-order chi connectivity index (χ1) is 9.76. The summed E-state index contributed by atoms with van der Waals surface area (Å²) in [6, 6.07) is 15.1. The molecule has 2 aromatic carbocycles. The number of nitrogens with zero attached hydrogens (tertiary/aromatic N) is 1. The van der Waals surface area contributed by atoms with Crippen LogP contribution in [0.1, 0.15) is 15.4 Å². The fourth-order valence-corrected chi connectivity index (χ4v) is 3.00. The molecule has 0 saturated carbocycles. The Labute approximate surface area is 120 Å². The van der Waals surface area contributed by atoms with E-state index >= 15 is 0 Å². The summed E-state index contributed by atoms with van der Waals surface area (Å²) in [5.41, 5.74) is 1.61.